The van der Waals surface area contributed by atoms with Crippen molar-refractivity contribution in [2.75, 3.05) is 19.6 Å². The van der Waals surface area contributed by atoms with Crippen LogP contribution in [-0.4, -0.2) is 41.2 Å². The second kappa shape index (κ2) is 8.64. The fourth-order valence-corrected chi connectivity index (χ4v) is 4.29. The highest BCUT2D eigenvalue weighted by molar-refractivity contribution is 6.31. The first-order valence-corrected chi connectivity index (χ1v) is 10.5. The number of hydrazone groups is 1. The van der Waals surface area contributed by atoms with E-state index in [2.05, 4.69) is 16.9 Å². The Labute approximate surface area is 176 Å². The van der Waals surface area contributed by atoms with Crippen LogP contribution in [0.4, 0.5) is 4.39 Å². The number of carbonyl (C=O) groups is 1. The zero-order chi connectivity index (χ0) is 20.4. The summed E-state index contributed by atoms with van der Waals surface area (Å²) in [6.07, 6.45) is 2.79. The molecule has 2 aliphatic heterocycles. The molecule has 152 valence electrons. The Kier molecular flexibility index (Phi) is 5.97. The number of hydrogen-bond donors (Lipinski definition) is 0. The molecule has 1 saturated heterocycles. The summed E-state index contributed by atoms with van der Waals surface area (Å²) in [5, 5.41) is 6.86. The molecule has 1 atom stereocenters. The maximum Gasteiger partial charge on any atom is 0.257 e. The summed E-state index contributed by atoms with van der Waals surface area (Å²) >= 11 is 6.45. The van der Waals surface area contributed by atoms with Gasteiger partial charge in [-0.05, 0) is 61.2 Å². The Morgan fingerprint density at radius 2 is 1.83 bits per heavy atom. The third kappa shape index (κ3) is 4.51. The largest absolute Gasteiger partial charge is 0.294 e. The molecular formula is C23H25ClFN3O. The lowest BCUT2D eigenvalue weighted by molar-refractivity contribution is -0.134. The van der Waals surface area contributed by atoms with E-state index < -0.39 is 0 Å². The van der Waals surface area contributed by atoms with Crippen LogP contribution in [0.1, 0.15) is 43.4 Å². The minimum Gasteiger partial charge on any atom is -0.294 e. The summed E-state index contributed by atoms with van der Waals surface area (Å²) < 4.78 is 13.3. The van der Waals surface area contributed by atoms with Crippen molar-refractivity contribution >= 4 is 23.2 Å². The van der Waals surface area contributed by atoms with E-state index in [9.17, 15) is 9.18 Å². The van der Waals surface area contributed by atoms with Gasteiger partial charge in [-0.25, -0.2) is 9.40 Å². The van der Waals surface area contributed by atoms with Crippen molar-refractivity contribution < 1.29 is 9.18 Å². The van der Waals surface area contributed by atoms with E-state index in [1.807, 2.05) is 24.3 Å². The predicted octanol–water partition coefficient (Wildman–Crippen LogP) is 4.89. The monoisotopic (exact) mass is 413 g/mol. The lowest BCUT2D eigenvalue weighted by atomic mass is 9.98. The number of nitrogens with zero attached hydrogens (tertiary/aromatic N) is 3. The van der Waals surface area contributed by atoms with Gasteiger partial charge in [-0.3, -0.25) is 9.69 Å². The summed E-state index contributed by atoms with van der Waals surface area (Å²) in [5.74, 6) is 0.399. The summed E-state index contributed by atoms with van der Waals surface area (Å²) in [4.78, 5) is 15.4. The Bertz CT molecular complexity index is 907. The van der Waals surface area contributed by atoms with Crippen LogP contribution in [0.3, 0.4) is 0 Å². The van der Waals surface area contributed by atoms with Gasteiger partial charge in [0.25, 0.3) is 5.91 Å². The van der Waals surface area contributed by atoms with Gasteiger partial charge in [-0.2, -0.15) is 5.10 Å². The van der Waals surface area contributed by atoms with Crippen LogP contribution in [0.5, 0.6) is 0 Å². The SMILES string of the molecule is CC1CCN(CC(=O)N2N=C(c3ccc(F)cc3)CC2c2ccccc2Cl)CC1. The van der Waals surface area contributed by atoms with Crippen molar-refractivity contribution in [3.8, 4) is 0 Å². The number of halogens is 2. The van der Waals surface area contributed by atoms with Crippen LogP contribution in [0.15, 0.2) is 53.6 Å². The topological polar surface area (TPSA) is 35.9 Å². The summed E-state index contributed by atoms with van der Waals surface area (Å²) in [5.41, 5.74) is 2.48. The molecule has 1 amide bonds. The summed E-state index contributed by atoms with van der Waals surface area (Å²) in [7, 11) is 0. The smallest absolute Gasteiger partial charge is 0.257 e. The molecule has 29 heavy (non-hydrogen) atoms. The molecule has 4 nitrogen and oxygen atoms in total. The van der Waals surface area contributed by atoms with E-state index >= 15 is 0 Å². The first kappa shape index (κ1) is 20.0. The number of carbonyl (C=O) groups excluding carboxylic acids is 1. The van der Waals surface area contributed by atoms with Crippen molar-refractivity contribution in [1.82, 2.24) is 9.91 Å². The van der Waals surface area contributed by atoms with Crippen molar-refractivity contribution in [3.63, 3.8) is 0 Å². The Morgan fingerprint density at radius 3 is 2.52 bits per heavy atom. The van der Waals surface area contributed by atoms with Crippen molar-refractivity contribution in [1.29, 1.82) is 0 Å². The zero-order valence-corrected chi connectivity index (χ0v) is 17.3. The highest BCUT2D eigenvalue weighted by atomic mass is 35.5. The molecule has 0 aliphatic carbocycles. The normalized spacial score (nSPS) is 20.7. The van der Waals surface area contributed by atoms with Crippen molar-refractivity contribution in [3.05, 3.63) is 70.5 Å². The molecule has 2 aromatic carbocycles. The molecule has 0 aromatic heterocycles. The van der Waals surface area contributed by atoms with E-state index in [1.54, 1.807) is 17.1 Å². The fourth-order valence-electron chi connectivity index (χ4n) is 4.03. The van der Waals surface area contributed by atoms with Crippen LogP contribution in [0.25, 0.3) is 0 Å². The van der Waals surface area contributed by atoms with Crippen LogP contribution >= 0.6 is 11.6 Å². The van der Waals surface area contributed by atoms with Crippen LogP contribution in [0, 0.1) is 11.7 Å². The van der Waals surface area contributed by atoms with Crippen LogP contribution in [0.2, 0.25) is 5.02 Å². The van der Waals surface area contributed by atoms with E-state index in [-0.39, 0.29) is 17.8 Å². The quantitative estimate of drug-likeness (QED) is 0.715. The second-order valence-corrected chi connectivity index (χ2v) is 8.40. The maximum atomic E-state index is 13.3. The highest BCUT2D eigenvalue weighted by Gasteiger charge is 2.35. The molecule has 4 rings (SSSR count). The molecule has 0 radical (unpaired) electrons. The number of piperidine rings is 1. The average Bonchev–Trinajstić information content (AvgIpc) is 3.16. The molecule has 0 N–H and O–H groups in total. The standard InChI is InChI=1S/C23H25ClFN3O/c1-16-10-12-27(13-11-16)15-23(29)28-22(19-4-2-3-5-20(19)24)14-21(26-28)17-6-8-18(25)9-7-17/h2-9,16,22H,10-15H2,1H3. The molecule has 0 saturated carbocycles. The van der Waals surface area contributed by atoms with E-state index in [1.165, 1.54) is 12.1 Å². The molecule has 2 heterocycles. The Balaban J connectivity index is 1.59. The zero-order valence-electron chi connectivity index (χ0n) is 16.5. The Morgan fingerprint density at radius 1 is 1.14 bits per heavy atom. The van der Waals surface area contributed by atoms with Gasteiger partial charge in [0.2, 0.25) is 0 Å². The molecule has 1 unspecified atom stereocenters. The molecule has 1 fully saturated rings. The molecule has 6 heteroatoms. The summed E-state index contributed by atoms with van der Waals surface area (Å²) in [6, 6.07) is 13.6. The van der Waals surface area contributed by atoms with Crippen molar-refractivity contribution in [2.24, 2.45) is 11.0 Å². The van der Waals surface area contributed by atoms with Gasteiger partial charge >= 0.3 is 0 Å². The molecule has 0 bridgehead atoms. The second-order valence-electron chi connectivity index (χ2n) is 7.99. The first-order chi connectivity index (χ1) is 14.0. The lowest BCUT2D eigenvalue weighted by Crippen LogP contribution is -2.41. The molecule has 2 aromatic rings. The minimum absolute atomic E-state index is 0.0263. The third-order valence-corrected chi connectivity index (χ3v) is 6.19. The van der Waals surface area contributed by atoms with Gasteiger partial charge < -0.3 is 0 Å². The lowest BCUT2D eigenvalue weighted by Gasteiger charge is -2.31. The van der Waals surface area contributed by atoms with Gasteiger partial charge in [0.05, 0.1) is 18.3 Å². The minimum atomic E-state index is -0.290. The highest BCUT2D eigenvalue weighted by Crippen LogP contribution is 2.36. The average molecular weight is 414 g/mol. The third-order valence-electron chi connectivity index (χ3n) is 5.84. The number of benzene rings is 2. The van der Waals surface area contributed by atoms with Crippen LogP contribution in [-0.2, 0) is 4.79 Å². The van der Waals surface area contributed by atoms with E-state index in [0.29, 0.717) is 23.9 Å². The van der Waals surface area contributed by atoms with Gasteiger partial charge in [-0.1, -0.05) is 48.9 Å². The molecule has 0 spiro atoms. The van der Waals surface area contributed by atoms with Gasteiger partial charge in [0.1, 0.15) is 5.82 Å². The van der Waals surface area contributed by atoms with Crippen molar-refractivity contribution in [2.45, 2.75) is 32.2 Å². The Hall–Kier alpha value is -2.24. The van der Waals surface area contributed by atoms with Gasteiger partial charge in [-0.15, -0.1) is 0 Å². The summed E-state index contributed by atoms with van der Waals surface area (Å²) in [6.45, 7) is 4.48. The number of hydrogen-bond acceptors (Lipinski definition) is 3. The van der Waals surface area contributed by atoms with Gasteiger partial charge in [0.15, 0.2) is 0 Å². The first-order valence-electron chi connectivity index (χ1n) is 10.1. The predicted molar refractivity (Wildman–Crippen MR) is 113 cm³/mol. The van der Waals surface area contributed by atoms with E-state index in [4.69, 9.17) is 11.6 Å². The maximum absolute atomic E-state index is 13.3. The number of likely N-dealkylation sites (tertiary alicyclic amines) is 1. The van der Waals surface area contributed by atoms with Crippen LogP contribution < -0.4 is 0 Å². The number of amides is 1. The number of rotatable bonds is 4. The molecule has 2 aliphatic rings. The van der Waals surface area contributed by atoms with E-state index in [0.717, 1.165) is 42.8 Å². The molecular weight excluding hydrogens is 389 g/mol. The van der Waals surface area contributed by atoms with Gasteiger partial charge in [0, 0.05) is 11.4 Å². The fraction of sp³-hybridized carbons (Fsp3) is 0.391.